The molecule has 0 radical (unpaired) electrons. The molecule has 0 atom stereocenters. The van der Waals surface area contributed by atoms with Gasteiger partial charge < -0.3 is 4.74 Å². The van der Waals surface area contributed by atoms with Gasteiger partial charge in [0.25, 0.3) is 5.91 Å². The third-order valence-corrected chi connectivity index (χ3v) is 4.78. The van der Waals surface area contributed by atoms with E-state index in [9.17, 15) is 4.79 Å². The van der Waals surface area contributed by atoms with Crippen molar-refractivity contribution in [1.29, 1.82) is 0 Å². The van der Waals surface area contributed by atoms with Gasteiger partial charge in [-0.05, 0) is 41.0 Å². The van der Waals surface area contributed by atoms with Crippen molar-refractivity contribution in [2.24, 2.45) is 5.10 Å². The maximum atomic E-state index is 12.4. The number of nitrogens with zero attached hydrogens (tertiary/aromatic N) is 1. The van der Waals surface area contributed by atoms with Gasteiger partial charge in [-0.2, -0.15) is 5.10 Å². The van der Waals surface area contributed by atoms with Crippen LogP contribution in [-0.2, 0) is 6.61 Å². The van der Waals surface area contributed by atoms with Gasteiger partial charge >= 0.3 is 0 Å². The van der Waals surface area contributed by atoms with Crippen LogP contribution in [0.3, 0.4) is 0 Å². The van der Waals surface area contributed by atoms with Crippen LogP contribution < -0.4 is 10.2 Å². The lowest BCUT2D eigenvalue weighted by atomic mass is 10.0. The molecule has 4 rings (SSSR count). The predicted molar refractivity (Wildman–Crippen MR) is 124 cm³/mol. The van der Waals surface area contributed by atoms with Gasteiger partial charge in [0, 0.05) is 11.1 Å². The predicted octanol–water partition coefficient (Wildman–Crippen LogP) is 5.70. The lowest BCUT2D eigenvalue weighted by Crippen LogP contribution is -2.17. The van der Waals surface area contributed by atoms with E-state index in [0.717, 1.165) is 22.3 Å². The summed E-state index contributed by atoms with van der Waals surface area (Å²) in [6, 6.07) is 35.0. The van der Waals surface area contributed by atoms with Crippen molar-refractivity contribution in [3.8, 4) is 16.9 Å². The summed E-state index contributed by atoms with van der Waals surface area (Å²) in [6.07, 6.45) is 1.59. The van der Waals surface area contributed by atoms with Crippen molar-refractivity contribution in [2.45, 2.75) is 6.61 Å². The number of amides is 1. The number of para-hydroxylation sites is 1. The minimum absolute atomic E-state index is 0.265. The van der Waals surface area contributed by atoms with Gasteiger partial charge in [0.2, 0.25) is 0 Å². The quantitative estimate of drug-likeness (QED) is 0.316. The molecule has 4 aromatic rings. The zero-order chi connectivity index (χ0) is 21.3. The second-order valence-corrected chi connectivity index (χ2v) is 6.95. The van der Waals surface area contributed by atoms with Gasteiger partial charge in [0.05, 0.1) is 6.21 Å². The highest BCUT2D eigenvalue weighted by Gasteiger charge is 2.06. The Labute approximate surface area is 181 Å². The van der Waals surface area contributed by atoms with Crippen LogP contribution in [0.1, 0.15) is 21.5 Å². The Bertz CT molecular complexity index is 1150. The van der Waals surface area contributed by atoms with Crippen LogP contribution in [0.25, 0.3) is 11.1 Å². The molecule has 0 spiro atoms. The normalized spacial score (nSPS) is 10.7. The highest BCUT2D eigenvalue weighted by Crippen LogP contribution is 2.20. The van der Waals surface area contributed by atoms with E-state index in [4.69, 9.17) is 4.74 Å². The Hall–Kier alpha value is -4.18. The Balaban J connectivity index is 1.38. The number of carbonyl (C=O) groups excluding carboxylic acids is 1. The van der Waals surface area contributed by atoms with Gasteiger partial charge in [0.1, 0.15) is 12.4 Å². The van der Waals surface area contributed by atoms with Gasteiger partial charge in [-0.15, -0.1) is 0 Å². The second kappa shape index (κ2) is 10.0. The average molecular weight is 406 g/mol. The Morgan fingerprint density at radius 2 is 1.35 bits per heavy atom. The summed E-state index contributed by atoms with van der Waals surface area (Å²) < 4.78 is 5.92. The smallest absolute Gasteiger partial charge is 0.271 e. The molecule has 1 N–H and O–H groups in total. The summed E-state index contributed by atoms with van der Waals surface area (Å²) in [7, 11) is 0. The van der Waals surface area contributed by atoms with Crippen LogP contribution in [0, 0.1) is 0 Å². The molecule has 0 bridgehead atoms. The van der Waals surface area contributed by atoms with E-state index in [2.05, 4.69) is 10.5 Å². The minimum Gasteiger partial charge on any atom is -0.488 e. The molecule has 0 heterocycles. The van der Waals surface area contributed by atoms with E-state index in [1.165, 1.54) is 0 Å². The molecule has 31 heavy (non-hydrogen) atoms. The van der Waals surface area contributed by atoms with E-state index in [1.807, 2.05) is 97.1 Å². The number of nitrogens with one attached hydrogen (secondary N) is 1. The molecular weight excluding hydrogens is 384 g/mol. The summed E-state index contributed by atoms with van der Waals surface area (Å²) in [6.45, 7) is 0.464. The number of hydrogen-bond acceptors (Lipinski definition) is 3. The summed E-state index contributed by atoms with van der Waals surface area (Å²) in [4.78, 5) is 12.4. The van der Waals surface area contributed by atoms with Gasteiger partial charge in [-0.1, -0.05) is 84.9 Å². The largest absolute Gasteiger partial charge is 0.488 e. The molecule has 0 aliphatic rings. The first-order chi connectivity index (χ1) is 15.3. The zero-order valence-corrected chi connectivity index (χ0v) is 16.9. The van der Waals surface area contributed by atoms with Crippen molar-refractivity contribution < 1.29 is 9.53 Å². The van der Waals surface area contributed by atoms with Crippen LogP contribution in [-0.4, -0.2) is 12.1 Å². The van der Waals surface area contributed by atoms with E-state index >= 15 is 0 Å². The molecule has 0 saturated heterocycles. The van der Waals surface area contributed by atoms with Crippen molar-refractivity contribution in [3.05, 3.63) is 126 Å². The first-order valence-electron chi connectivity index (χ1n) is 10.0. The SMILES string of the molecule is O=C(N/N=C\c1ccccc1OCc1ccccc1)c1ccc(-c2ccccc2)cc1. The number of carbonyl (C=O) groups is 1. The van der Waals surface area contributed by atoms with Crippen LogP contribution in [0.5, 0.6) is 5.75 Å². The molecule has 0 fully saturated rings. The standard InChI is InChI=1S/C27H22N2O2/c30-27(24-17-15-23(16-18-24)22-11-5-2-6-12-22)29-28-19-25-13-7-8-14-26(25)31-20-21-9-3-1-4-10-21/h1-19H,20H2,(H,29,30)/b28-19-. The molecule has 4 aromatic carbocycles. The first-order valence-corrected chi connectivity index (χ1v) is 10.0. The Morgan fingerprint density at radius 3 is 2.10 bits per heavy atom. The lowest BCUT2D eigenvalue weighted by Gasteiger charge is -2.09. The maximum absolute atomic E-state index is 12.4. The highest BCUT2D eigenvalue weighted by molar-refractivity contribution is 5.95. The fraction of sp³-hybridized carbons (Fsp3) is 0.0370. The Kier molecular flexibility index (Phi) is 6.51. The second-order valence-electron chi connectivity index (χ2n) is 6.95. The number of rotatable bonds is 7. The van der Waals surface area contributed by atoms with E-state index in [1.54, 1.807) is 18.3 Å². The monoisotopic (exact) mass is 406 g/mol. The number of benzene rings is 4. The molecule has 0 saturated carbocycles. The topological polar surface area (TPSA) is 50.7 Å². The lowest BCUT2D eigenvalue weighted by molar-refractivity contribution is 0.0955. The number of ether oxygens (including phenoxy) is 1. The average Bonchev–Trinajstić information content (AvgIpc) is 2.84. The van der Waals surface area contributed by atoms with Crippen molar-refractivity contribution in [2.75, 3.05) is 0 Å². The third-order valence-electron chi connectivity index (χ3n) is 4.78. The summed E-state index contributed by atoms with van der Waals surface area (Å²) in [5.74, 6) is 0.440. The minimum atomic E-state index is -0.265. The molecule has 0 unspecified atom stereocenters. The number of hydrazone groups is 1. The Morgan fingerprint density at radius 1 is 0.742 bits per heavy atom. The van der Waals surface area contributed by atoms with Gasteiger partial charge in [-0.25, -0.2) is 5.43 Å². The fourth-order valence-electron chi connectivity index (χ4n) is 3.12. The third kappa shape index (κ3) is 5.46. The molecule has 0 aliphatic heterocycles. The van der Waals surface area contributed by atoms with Crippen molar-refractivity contribution >= 4 is 12.1 Å². The first kappa shape index (κ1) is 20.1. The molecule has 0 aliphatic carbocycles. The van der Waals surface area contributed by atoms with Gasteiger partial charge in [-0.3, -0.25) is 4.79 Å². The summed E-state index contributed by atoms with van der Waals surface area (Å²) in [5, 5.41) is 4.11. The maximum Gasteiger partial charge on any atom is 0.271 e. The highest BCUT2D eigenvalue weighted by atomic mass is 16.5. The van der Waals surface area contributed by atoms with E-state index in [0.29, 0.717) is 17.9 Å². The fourth-order valence-corrected chi connectivity index (χ4v) is 3.12. The zero-order valence-electron chi connectivity index (χ0n) is 16.9. The molecular formula is C27H22N2O2. The van der Waals surface area contributed by atoms with Crippen LogP contribution in [0.2, 0.25) is 0 Å². The molecule has 152 valence electrons. The van der Waals surface area contributed by atoms with Crippen LogP contribution >= 0.6 is 0 Å². The molecule has 1 amide bonds. The van der Waals surface area contributed by atoms with E-state index in [-0.39, 0.29) is 5.91 Å². The van der Waals surface area contributed by atoms with E-state index < -0.39 is 0 Å². The van der Waals surface area contributed by atoms with Gasteiger partial charge in [0.15, 0.2) is 0 Å². The summed E-state index contributed by atoms with van der Waals surface area (Å²) in [5.41, 5.74) is 7.18. The number of hydrogen-bond donors (Lipinski definition) is 1. The molecule has 4 heteroatoms. The molecule has 0 aromatic heterocycles. The summed E-state index contributed by atoms with van der Waals surface area (Å²) >= 11 is 0. The van der Waals surface area contributed by atoms with Crippen molar-refractivity contribution in [1.82, 2.24) is 5.43 Å². The molecule has 4 nitrogen and oxygen atoms in total. The van der Waals surface area contributed by atoms with Crippen LogP contribution in [0.15, 0.2) is 114 Å². The van der Waals surface area contributed by atoms with Crippen LogP contribution in [0.4, 0.5) is 0 Å². The van der Waals surface area contributed by atoms with Crippen molar-refractivity contribution in [3.63, 3.8) is 0 Å².